The van der Waals surface area contributed by atoms with Crippen molar-refractivity contribution >= 4 is 71.0 Å². The van der Waals surface area contributed by atoms with Gasteiger partial charge in [-0.05, 0) is 67.9 Å². The largest absolute Gasteiger partial charge is 0 e. The SMILES string of the molecule is CC(C)c1ccc2c(c1)sc1c(-c3nc4c5ccccc5ccc4n3-c3ccc(-c4ccccc4)cc3-c3ccccc3)[c-]cc(-c3ccccc3)c12.[2H]C(C)(C)c1cc(-c2[c-]cccc2)nc[c]1[Ge]([CH3])([CH3])[CH3].[Ir]. The van der Waals surface area contributed by atoms with Crippen molar-refractivity contribution in [2.45, 2.75) is 56.8 Å². The molecule has 3 aromatic heterocycles. The van der Waals surface area contributed by atoms with E-state index in [1.807, 2.05) is 55.6 Å². The van der Waals surface area contributed by atoms with Gasteiger partial charge in [0.2, 0.25) is 0 Å². The standard InChI is InChI=1S/C50H35N2S.C17H22GeN.Ir/c1-32(2)37-22-25-41-46(31-37)53-49-42(27-26-39(47(41)49)34-16-8-4-9-17-34)50-51-48-40-21-13-12-20-36(40)23-29-45(48)52(50)44-28-24-38(33-14-6-3-7-15-33)30-43(44)35-18-10-5-11-19-35;1-13(2)15-11-17(14-9-7-6-8-10-14)19-12-16(15)18(3,4)5;/h3-26,28-32H,1-2H3;6-9,11-13H,1-5H3;/q2*-1;/i;13D;. The first-order chi connectivity index (χ1) is 35.3. The fourth-order valence-corrected chi connectivity index (χ4v) is 14.6. The zero-order valence-corrected chi connectivity index (χ0v) is 47.6. The van der Waals surface area contributed by atoms with Gasteiger partial charge >= 0.3 is 120 Å². The van der Waals surface area contributed by atoms with E-state index in [0.717, 1.165) is 61.4 Å². The minimum atomic E-state index is -2.03. The van der Waals surface area contributed by atoms with E-state index < -0.39 is 19.2 Å². The first kappa shape index (κ1) is 48.5. The normalized spacial score (nSPS) is 12.0. The van der Waals surface area contributed by atoms with Crippen LogP contribution in [0.1, 0.15) is 52.0 Å². The van der Waals surface area contributed by atoms with Crippen LogP contribution in [-0.2, 0) is 20.1 Å². The number of rotatable bonds is 9. The molecular weight excluding hydrogens is 1140 g/mol. The number of imidazole rings is 1. The maximum Gasteiger partial charge on any atom is 0 e. The summed E-state index contributed by atoms with van der Waals surface area (Å²) in [4.78, 5) is 10.2. The molecule has 9 aromatic carbocycles. The van der Waals surface area contributed by atoms with E-state index in [-0.39, 0.29) is 20.1 Å². The van der Waals surface area contributed by atoms with Crippen LogP contribution in [0.2, 0.25) is 17.3 Å². The summed E-state index contributed by atoms with van der Waals surface area (Å²) in [5.74, 6) is 7.78. The number of pyridine rings is 1. The fourth-order valence-electron chi connectivity index (χ4n) is 9.99. The van der Waals surface area contributed by atoms with Crippen molar-refractivity contribution in [3.05, 3.63) is 230 Å². The summed E-state index contributed by atoms with van der Waals surface area (Å²) in [5, 5.41) is 4.85. The van der Waals surface area contributed by atoms with Gasteiger partial charge in [-0.3, -0.25) is 4.98 Å². The van der Waals surface area contributed by atoms with E-state index >= 15 is 0 Å². The maximum absolute atomic E-state index is 8.44. The summed E-state index contributed by atoms with van der Waals surface area (Å²) >= 11 is -0.169. The smallest absolute Gasteiger partial charge is 0 e. The van der Waals surface area contributed by atoms with Crippen LogP contribution in [0.15, 0.2) is 206 Å². The van der Waals surface area contributed by atoms with Gasteiger partial charge in [-0.1, -0.05) is 175 Å². The number of thiophene rings is 1. The molecule has 0 spiro atoms. The van der Waals surface area contributed by atoms with Crippen molar-refractivity contribution < 1.29 is 21.5 Å². The van der Waals surface area contributed by atoms with Crippen LogP contribution in [-0.4, -0.2) is 27.8 Å². The van der Waals surface area contributed by atoms with Crippen molar-refractivity contribution in [2.75, 3.05) is 0 Å². The van der Waals surface area contributed by atoms with E-state index in [1.54, 1.807) is 0 Å². The van der Waals surface area contributed by atoms with Gasteiger partial charge in [0.25, 0.3) is 0 Å². The van der Waals surface area contributed by atoms with E-state index in [1.165, 1.54) is 57.8 Å². The second kappa shape index (κ2) is 21.0. The maximum atomic E-state index is 8.44. The van der Waals surface area contributed by atoms with Crippen LogP contribution in [0, 0.1) is 12.1 Å². The molecule has 0 saturated carbocycles. The quantitative estimate of drug-likeness (QED) is 0.107. The molecule has 6 heteroatoms. The van der Waals surface area contributed by atoms with Crippen LogP contribution in [0.25, 0.3) is 104 Å². The predicted molar refractivity (Wildman–Crippen MR) is 312 cm³/mol. The molecule has 0 fully saturated rings. The van der Waals surface area contributed by atoms with Gasteiger partial charge in [-0.15, -0.1) is 12.1 Å². The molecule has 0 unspecified atom stereocenters. The first-order valence-corrected chi connectivity index (χ1v) is 33.1. The number of nitrogens with zero attached hydrogens (tertiary/aromatic N) is 3. The topological polar surface area (TPSA) is 30.7 Å². The summed E-state index contributed by atoms with van der Waals surface area (Å²) in [7, 11) is 0. The first-order valence-electron chi connectivity index (χ1n) is 25.4. The van der Waals surface area contributed by atoms with Gasteiger partial charge in [-0.2, -0.15) is 11.3 Å². The van der Waals surface area contributed by atoms with Crippen LogP contribution in [0.4, 0.5) is 0 Å². The zero-order chi connectivity index (χ0) is 50.4. The Kier molecular flexibility index (Phi) is 14.0. The molecule has 3 nitrogen and oxygen atoms in total. The molecule has 361 valence electrons. The molecule has 12 rings (SSSR count). The number of hydrogen-bond donors (Lipinski definition) is 0. The van der Waals surface area contributed by atoms with Gasteiger partial charge in [0.15, 0.2) is 0 Å². The van der Waals surface area contributed by atoms with Crippen LogP contribution in [0.3, 0.4) is 0 Å². The number of fused-ring (bicyclic) bond motifs is 6. The van der Waals surface area contributed by atoms with Crippen LogP contribution in [0.5, 0.6) is 0 Å². The third-order valence-electron chi connectivity index (χ3n) is 13.8. The molecule has 1 radical (unpaired) electrons. The van der Waals surface area contributed by atoms with Crippen molar-refractivity contribution in [3.8, 4) is 61.7 Å². The summed E-state index contributed by atoms with van der Waals surface area (Å²) in [6, 6.07) is 78.2. The molecular formula is C67H57GeIrN3S-2. The molecule has 73 heavy (non-hydrogen) atoms. The molecule has 0 aliphatic carbocycles. The Morgan fingerprint density at radius 3 is 1.96 bits per heavy atom. The van der Waals surface area contributed by atoms with Crippen molar-refractivity contribution in [1.29, 1.82) is 0 Å². The molecule has 0 aliphatic rings. The number of benzene rings is 9. The van der Waals surface area contributed by atoms with Gasteiger partial charge < -0.3 is 4.57 Å². The minimum Gasteiger partial charge on any atom is 0 e. The minimum absolute atomic E-state index is 0. The van der Waals surface area contributed by atoms with Crippen molar-refractivity contribution in [1.82, 2.24) is 14.5 Å². The summed E-state index contributed by atoms with van der Waals surface area (Å²) in [6.45, 7) is 8.45. The Hall–Kier alpha value is -6.73. The summed E-state index contributed by atoms with van der Waals surface area (Å²) in [5.41, 5.74) is 15.6. The molecule has 0 aliphatic heterocycles. The Morgan fingerprint density at radius 2 is 1.29 bits per heavy atom. The third kappa shape index (κ3) is 9.80. The monoisotopic (exact) mass is 1200 g/mol. The Morgan fingerprint density at radius 1 is 0.616 bits per heavy atom. The molecule has 0 atom stereocenters. The van der Waals surface area contributed by atoms with E-state index in [9.17, 15) is 0 Å². The molecule has 0 amide bonds. The molecule has 0 saturated heterocycles. The average Bonchev–Trinajstić information content (AvgIpc) is 4.00. The van der Waals surface area contributed by atoms with Crippen molar-refractivity contribution in [2.24, 2.45) is 0 Å². The van der Waals surface area contributed by atoms with E-state index in [4.69, 9.17) is 6.35 Å². The molecule has 12 aromatic rings. The van der Waals surface area contributed by atoms with Gasteiger partial charge in [0.1, 0.15) is 0 Å². The Balaban J connectivity index is 0.000000252. The van der Waals surface area contributed by atoms with Crippen LogP contribution < -0.4 is 4.40 Å². The zero-order valence-electron chi connectivity index (χ0n) is 43.3. The van der Waals surface area contributed by atoms with Gasteiger partial charge in [-0.25, -0.2) is 0 Å². The predicted octanol–water partition coefficient (Wildman–Crippen LogP) is 18.4. The van der Waals surface area contributed by atoms with Gasteiger partial charge in [0, 0.05) is 41.4 Å². The summed E-state index contributed by atoms with van der Waals surface area (Å²) < 4.78 is 14.6. The van der Waals surface area contributed by atoms with E-state index in [0.29, 0.717) is 5.92 Å². The molecule has 3 heterocycles. The number of aromatic nitrogens is 3. The fraction of sp³-hybridized carbons (Fsp3) is 0.134. The Bertz CT molecular complexity index is 3950. The second-order valence-electron chi connectivity index (χ2n) is 20.2. The van der Waals surface area contributed by atoms with Gasteiger partial charge in [0.05, 0.1) is 16.9 Å². The third-order valence-corrected chi connectivity index (χ3v) is 19.2. The Labute approximate surface area is 451 Å². The van der Waals surface area contributed by atoms with Crippen molar-refractivity contribution in [3.63, 3.8) is 0 Å². The molecule has 0 N–H and O–H groups in total. The van der Waals surface area contributed by atoms with E-state index in [2.05, 4.69) is 229 Å². The molecule has 0 bridgehead atoms. The average molecular weight is 1200 g/mol. The summed E-state index contributed by atoms with van der Waals surface area (Å²) in [6.07, 6.45) is 2.00. The second-order valence-corrected chi connectivity index (χ2v) is 31.8. The van der Waals surface area contributed by atoms with Crippen LogP contribution >= 0.6 is 11.3 Å². The number of hydrogen-bond acceptors (Lipinski definition) is 3.